The van der Waals surface area contributed by atoms with Crippen molar-refractivity contribution in [3.05, 3.63) is 51.5 Å². The molecule has 0 unspecified atom stereocenters. The first-order valence-corrected chi connectivity index (χ1v) is 5.42. The van der Waals surface area contributed by atoms with Crippen LogP contribution in [-0.4, -0.2) is 9.97 Å². The van der Waals surface area contributed by atoms with Crippen molar-refractivity contribution in [1.82, 2.24) is 9.97 Å². The van der Waals surface area contributed by atoms with E-state index in [-0.39, 0.29) is 5.56 Å². The molecule has 0 fully saturated rings. The van der Waals surface area contributed by atoms with Gasteiger partial charge >= 0.3 is 0 Å². The number of hydrogen-bond donors (Lipinski definition) is 1. The summed E-state index contributed by atoms with van der Waals surface area (Å²) in [6.45, 7) is 1.93. The van der Waals surface area contributed by atoms with Gasteiger partial charge in [-0.2, -0.15) is 0 Å². The lowest BCUT2D eigenvalue weighted by atomic mass is 10.1. The Balaban J connectivity index is 2.64. The third kappa shape index (κ3) is 1.99. The lowest BCUT2D eigenvalue weighted by Gasteiger charge is -2.05. The molecule has 82 valence electrons. The Morgan fingerprint density at radius 1 is 1.44 bits per heavy atom. The predicted molar refractivity (Wildman–Crippen MR) is 64.7 cm³/mol. The number of rotatable bonds is 2. The van der Waals surface area contributed by atoms with E-state index in [9.17, 15) is 4.79 Å². The summed E-state index contributed by atoms with van der Waals surface area (Å²) in [5.41, 5.74) is 2.17. The number of benzene rings is 1. The molecule has 1 aromatic heterocycles. The second kappa shape index (κ2) is 4.49. The second-order valence-corrected chi connectivity index (χ2v) is 3.86. The molecule has 0 saturated heterocycles. The first-order valence-electron chi connectivity index (χ1n) is 5.05. The maximum atomic E-state index is 11.6. The molecule has 3 nitrogen and oxygen atoms in total. The fourth-order valence-corrected chi connectivity index (χ4v) is 1.83. The van der Waals surface area contributed by atoms with Crippen molar-refractivity contribution in [1.29, 1.82) is 0 Å². The van der Waals surface area contributed by atoms with Crippen LogP contribution in [0, 0.1) is 0 Å². The Labute approximate surface area is 98.1 Å². The van der Waals surface area contributed by atoms with E-state index < -0.39 is 0 Å². The summed E-state index contributed by atoms with van der Waals surface area (Å²) >= 11 is 5.92. The van der Waals surface area contributed by atoms with Crippen molar-refractivity contribution in [2.45, 2.75) is 13.3 Å². The maximum Gasteiger partial charge on any atom is 0.254 e. The molecule has 0 aliphatic rings. The van der Waals surface area contributed by atoms with Gasteiger partial charge in [-0.25, -0.2) is 4.98 Å². The number of nitrogens with zero attached hydrogens (tertiary/aromatic N) is 1. The van der Waals surface area contributed by atoms with Crippen molar-refractivity contribution < 1.29 is 0 Å². The Bertz CT molecular complexity index is 563. The first kappa shape index (κ1) is 10.9. The van der Waals surface area contributed by atoms with Gasteiger partial charge in [0.05, 0.1) is 12.0 Å². The smallest absolute Gasteiger partial charge is 0.254 e. The molecule has 0 amide bonds. The van der Waals surface area contributed by atoms with Gasteiger partial charge in [0, 0.05) is 16.1 Å². The van der Waals surface area contributed by atoms with Crippen molar-refractivity contribution in [3.63, 3.8) is 0 Å². The first-order chi connectivity index (χ1) is 7.72. The van der Waals surface area contributed by atoms with Gasteiger partial charge in [0.25, 0.3) is 5.56 Å². The normalized spacial score (nSPS) is 10.4. The molecular formula is C12H11ClN2O. The summed E-state index contributed by atoms with van der Waals surface area (Å²) in [5, 5.41) is 0.640. The molecule has 2 aromatic rings. The molecule has 1 N–H and O–H groups in total. The van der Waals surface area contributed by atoms with Crippen molar-refractivity contribution >= 4 is 11.6 Å². The van der Waals surface area contributed by atoms with Crippen molar-refractivity contribution in [2.24, 2.45) is 0 Å². The van der Waals surface area contributed by atoms with Crippen LogP contribution in [0.25, 0.3) is 11.3 Å². The minimum atomic E-state index is -0.0903. The van der Waals surface area contributed by atoms with Gasteiger partial charge in [-0.1, -0.05) is 30.7 Å². The van der Waals surface area contributed by atoms with Gasteiger partial charge in [-0.05, 0) is 18.6 Å². The average Bonchev–Trinajstić information content (AvgIpc) is 2.28. The monoisotopic (exact) mass is 234 g/mol. The summed E-state index contributed by atoms with van der Waals surface area (Å²) in [5.74, 6) is 0. The summed E-state index contributed by atoms with van der Waals surface area (Å²) in [6, 6.07) is 7.35. The molecule has 0 bridgehead atoms. The quantitative estimate of drug-likeness (QED) is 0.868. The highest BCUT2D eigenvalue weighted by molar-refractivity contribution is 6.30. The van der Waals surface area contributed by atoms with Crippen LogP contribution < -0.4 is 5.56 Å². The van der Waals surface area contributed by atoms with Gasteiger partial charge in [-0.3, -0.25) is 4.79 Å². The van der Waals surface area contributed by atoms with Crippen LogP contribution in [0.5, 0.6) is 0 Å². The SMILES string of the molecule is CCc1c(-c2cccc(Cl)c2)nc[nH]c1=O. The van der Waals surface area contributed by atoms with Gasteiger partial charge < -0.3 is 4.98 Å². The Morgan fingerprint density at radius 2 is 2.25 bits per heavy atom. The van der Waals surface area contributed by atoms with Crippen LogP contribution in [0.15, 0.2) is 35.4 Å². The Morgan fingerprint density at radius 3 is 2.94 bits per heavy atom. The zero-order valence-corrected chi connectivity index (χ0v) is 9.58. The van der Waals surface area contributed by atoms with E-state index in [1.807, 2.05) is 25.1 Å². The zero-order chi connectivity index (χ0) is 11.5. The number of hydrogen-bond acceptors (Lipinski definition) is 2. The number of aromatic amines is 1. The van der Waals surface area contributed by atoms with Gasteiger partial charge in [0.2, 0.25) is 0 Å². The fraction of sp³-hybridized carbons (Fsp3) is 0.167. The lowest BCUT2D eigenvalue weighted by molar-refractivity contribution is 1.01. The maximum absolute atomic E-state index is 11.6. The van der Waals surface area contributed by atoms with Gasteiger partial charge in [0.15, 0.2) is 0 Å². The van der Waals surface area contributed by atoms with E-state index in [0.717, 1.165) is 5.56 Å². The molecule has 0 atom stereocenters. The van der Waals surface area contributed by atoms with Crippen LogP contribution in [-0.2, 0) is 6.42 Å². The van der Waals surface area contributed by atoms with Crippen LogP contribution in [0.2, 0.25) is 5.02 Å². The third-order valence-electron chi connectivity index (χ3n) is 2.40. The highest BCUT2D eigenvalue weighted by Gasteiger charge is 2.08. The van der Waals surface area contributed by atoms with E-state index in [4.69, 9.17) is 11.6 Å². The molecule has 0 aliphatic carbocycles. The minimum Gasteiger partial charge on any atom is -0.313 e. The molecule has 1 aromatic carbocycles. The highest BCUT2D eigenvalue weighted by Crippen LogP contribution is 2.22. The number of halogens is 1. The van der Waals surface area contributed by atoms with Gasteiger partial charge in [-0.15, -0.1) is 0 Å². The van der Waals surface area contributed by atoms with E-state index in [1.54, 1.807) is 6.07 Å². The molecule has 1 heterocycles. The topological polar surface area (TPSA) is 45.8 Å². The Hall–Kier alpha value is -1.61. The highest BCUT2D eigenvalue weighted by atomic mass is 35.5. The van der Waals surface area contributed by atoms with E-state index in [2.05, 4.69) is 9.97 Å². The summed E-state index contributed by atoms with van der Waals surface area (Å²) in [4.78, 5) is 18.4. The summed E-state index contributed by atoms with van der Waals surface area (Å²) in [7, 11) is 0. The number of nitrogens with one attached hydrogen (secondary N) is 1. The third-order valence-corrected chi connectivity index (χ3v) is 2.64. The van der Waals surface area contributed by atoms with Crippen LogP contribution in [0.1, 0.15) is 12.5 Å². The Kier molecular flexibility index (Phi) is 3.06. The molecule has 16 heavy (non-hydrogen) atoms. The van der Waals surface area contributed by atoms with E-state index >= 15 is 0 Å². The molecule has 4 heteroatoms. The molecule has 0 spiro atoms. The molecule has 0 aliphatic heterocycles. The molecule has 0 radical (unpaired) electrons. The minimum absolute atomic E-state index is 0.0903. The summed E-state index contributed by atoms with van der Waals surface area (Å²) in [6.07, 6.45) is 2.06. The molecule has 2 rings (SSSR count). The van der Waals surface area contributed by atoms with Gasteiger partial charge in [0.1, 0.15) is 0 Å². The van der Waals surface area contributed by atoms with Crippen LogP contribution in [0.3, 0.4) is 0 Å². The van der Waals surface area contributed by atoms with E-state index in [1.165, 1.54) is 6.33 Å². The second-order valence-electron chi connectivity index (χ2n) is 3.42. The molecule has 0 saturated carbocycles. The number of aromatic nitrogens is 2. The zero-order valence-electron chi connectivity index (χ0n) is 8.83. The predicted octanol–water partition coefficient (Wildman–Crippen LogP) is 2.65. The summed E-state index contributed by atoms with van der Waals surface area (Å²) < 4.78 is 0. The van der Waals surface area contributed by atoms with Crippen LogP contribution in [0.4, 0.5) is 0 Å². The molecular weight excluding hydrogens is 224 g/mol. The fourth-order valence-electron chi connectivity index (χ4n) is 1.64. The lowest BCUT2D eigenvalue weighted by Crippen LogP contribution is -2.14. The largest absolute Gasteiger partial charge is 0.313 e. The van der Waals surface area contributed by atoms with E-state index in [0.29, 0.717) is 22.7 Å². The van der Waals surface area contributed by atoms with Crippen molar-refractivity contribution in [3.8, 4) is 11.3 Å². The van der Waals surface area contributed by atoms with Crippen molar-refractivity contribution in [2.75, 3.05) is 0 Å². The standard InChI is InChI=1S/C12H11ClN2O/c1-2-10-11(14-7-15-12(10)16)8-4-3-5-9(13)6-8/h3-7H,2H2,1H3,(H,14,15,16). The average molecular weight is 235 g/mol. The van der Waals surface area contributed by atoms with Crippen LogP contribution >= 0.6 is 11.6 Å². The number of H-pyrrole nitrogens is 1.